The molecule has 1 aromatic rings. The number of hydrogen-bond donors (Lipinski definition) is 0. The van der Waals surface area contributed by atoms with Gasteiger partial charge in [0, 0.05) is 25.2 Å². The summed E-state index contributed by atoms with van der Waals surface area (Å²) in [5, 5.41) is 0.830. The molecule has 0 atom stereocenters. The molecule has 0 aliphatic carbocycles. The minimum atomic E-state index is -0.332. The molecule has 0 aliphatic rings. The second-order valence-corrected chi connectivity index (χ2v) is 3.99. The number of rotatable bonds is 5. The first-order valence-corrected chi connectivity index (χ1v) is 5.53. The molecule has 88 valence electrons. The molecule has 0 fully saturated rings. The van der Waals surface area contributed by atoms with Crippen molar-refractivity contribution in [3.8, 4) is 5.75 Å². The van der Waals surface area contributed by atoms with Gasteiger partial charge < -0.3 is 9.47 Å². The van der Waals surface area contributed by atoms with E-state index in [-0.39, 0.29) is 5.97 Å². The zero-order valence-corrected chi connectivity index (χ0v) is 10.3. The van der Waals surface area contributed by atoms with Crippen LogP contribution in [-0.2, 0) is 9.53 Å². The number of ether oxygens (including phenoxy) is 2. The highest BCUT2D eigenvalue weighted by Crippen LogP contribution is 2.27. The fraction of sp³-hybridized carbons (Fsp3) is 0.364. The van der Waals surface area contributed by atoms with E-state index in [1.807, 2.05) is 0 Å². The summed E-state index contributed by atoms with van der Waals surface area (Å²) in [5.41, 5.74) is 0. The average Bonchev–Trinajstić information content (AvgIpc) is 2.23. The topological polar surface area (TPSA) is 35.5 Å². The van der Waals surface area contributed by atoms with Crippen molar-refractivity contribution in [2.45, 2.75) is 12.8 Å². The third kappa shape index (κ3) is 4.39. The van der Waals surface area contributed by atoms with E-state index in [0.29, 0.717) is 35.2 Å². The van der Waals surface area contributed by atoms with Gasteiger partial charge in [-0.3, -0.25) is 4.79 Å². The Labute approximate surface area is 104 Å². The SMILES string of the molecule is COCCCC(=O)Oc1ccc(Cl)cc1Cl. The molecule has 0 N–H and O–H groups in total. The van der Waals surface area contributed by atoms with Gasteiger partial charge in [-0.25, -0.2) is 0 Å². The maximum Gasteiger partial charge on any atom is 0.311 e. The van der Waals surface area contributed by atoms with Crippen molar-refractivity contribution >= 4 is 29.2 Å². The Morgan fingerprint density at radius 2 is 2.12 bits per heavy atom. The Kier molecular flexibility index (Phi) is 5.60. The molecule has 0 radical (unpaired) electrons. The van der Waals surface area contributed by atoms with Crippen LogP contribution in [0.15, 0.2) is 18.2 Å². The molecule has 1 rings (SSSR count). The van der Waals surface area contributed by atoms with Crippen LogP contribution in [0.1, 0.15) is 12.8 Å². The van der Waals surface area contributed by atoms with E-state index in [4.69, 9.17) is 32.7 Å². The number of carbonyl (C=O) groups excluding carboxylic acids is 1. The van der Waals surface area contributed by atoms with Crippen LogP contribution in [0.2, 0.25) is 10.0 Å². The van der Waals surface area contributed by atoms with Gasteiger partial charge in [0.2, 0.25) is 0 Å². The summed E-state index contributed by atoms with van der Waals surface area (Å²) in [6.07, 6.45) is 0.924. The smallest absolute Gasteiger partial charge is 0.311 e. The minimum absolute atomic E-state index is 0.298. The standard InChI is InChI=1S/C11H12Cl2O3/c1-15-6-2-3-11(14)16-10-5-4-8(12)7-9(10)13/h4-5,7H,2-3,6H2,1H3. The zero-order valence-electron chi connectivity index (χ0n) is 8.83. The van der Waals surface area contributed by atoms with Gasteiger partial charge in [0.05, 0.1) is 5.02 Å². The van der Waals surface area contributed by atoms with Gasteiger partial charge in [-0.15, -0.1) is 0 Å². The van der Waals surface area contributed by atoms with Crippen molar-refractivity contribution in [3.63, 3.8) is 0 Å². The molecule has 0 unspecified atom stereocenters. The van der Waals surface area contributed by atoms with Gasteiger partial charge in [-0.1, -0.05) is 23.2 Å². The highest BCUT2D eigenvalue weighted by atomic mass is 35.5. The number of benzene rings is 1. The van der Waals surface area contributed by atoms with E-state index in [2.05, 4.69) is 0 Å². The quantitative estimate of drug-likeness (QED) is 0.464. The number of methoxy groups -OCH3 is 1. The summed E-state index contributed by atoms with van der Waals surface area (Å²) in [7, 11) is 1.58. The molecular formula is C11H12Cl2O3. The van der Waals surface area contributed by atoms with Crippen molar-refractivity contribution in [1.82, 2.24) is 0 Å². The van der Waals surface area contributed by atoms with Crippen LogP contribution in [0.3, 0.4) is 0 Å². The third-order valence-corrected chi connectivity index (χ3v) is 2.38. The fourth-order valence-corrected chi connectivity index (χ4v) is 1.54. The normalized spacial score (nSPS) is 10.2. The molecule has 0 saturated carbocycles. The Balaban J connectivity index is 2.49. The fourth-order valence-electron chi connectivity index (χ4n) is 1.09. The van der Waals surface area contributed by atoms with E-state index >= 15 is 0 Å². The maximum absolute atomic E-state index is 11.4. The van der Waals surface area contributed by atoms with Gasteiger partial charge in [-0.2, -0.15) is 0 Å². The molecule has 0 heterocycles. The predicted molar refractivity (Wildman–Crippen MR) is 63.2 cm³/mol. The Morgan fingerprint density at radius 1 is 1.38 bits per heavy atom. The van der Waals surface area contributed by atoms with Crippen LogP contribution >= 0.6 is 23.2 Å². The number of halogens is 2. The van der Waals surface area contributed by atoms with Gasteiger partial charge in [0.1, 0.15) is 5.75 Å². The molecule has 0 aliphatic heterocycles. The van der Waals surface area contributed by atoms with E-state index < -0.39 is 0 Å². The summed E-state index contributed by atoms with van der Waals surface area (Å²) in [4.78, 5) is 11.4. The lowest BCUT2D eigenvalue weighted by Gasteiger charge is -2.06. The number of hydrogen-bond acceptors (Lipinski definition) is 3. The van der Waals surface area contributed by atoms with Crippen LogP contribution in [0.4, 0.5) is 0 Å². The lowest BCUT2D eigenvalue weighted by Crippen LogP contribution is -2.09. The van der Waals surface area contributed by atoms with Gasteiger partial charge in [0.15, 0.2) is 0 Å². The van der Waals surface area contributed by atoms with Crippen LogP contribution in [0.25, 0.3) is 0 Å². The molecule has 0 bridgehead atoms. The third-order valence-electron chi connectivity index (χ3n) is 1.85. The van der Waals surface area contributed by atoms with Crippen molar-refractivity contribution in [2.75, 3.05) is 13.7 Å². The monoisotopic (exact) mass is 262 g/mol. The van der Waals surface area contributed by atoms with E-state index in [9.17, 15) is 4.79 Å². The second-order valence-electron chi connectivity index (χ2n) is 3.15. The van der Waals surface area contributed by atoms with Crippen molar-refractivity contribution in [2.24, 2.45) is 0 Å². The van der Waals surface area contributed by atoms with E-state index in [0.717, 1.165) is 0 Å². The van der Waals surface area contributed by atoms with E-state index in [1.165, 1.54) is 6.07 Å². The second kappa shape index (κ2) is 6.74. The lowest BCUT2D eigenvalue weighted by molar-refractivity contribution is -0.134. The summed E-state index contributed by atoms with van der Waals surface area (Å²) < 4.78 is 9.89. The zero-order chi connectivity index (χ0) is 12.0. The first-order valence-electron chi connectivity index (χ1n) is 4.78. The molecule has 3 nitrogen and oxygen atoms in total. The molecular weight excluding hydrogens is 251 g/mol. The summed E-state index contributed by atoms with van der Waals surface area (Å²) in [5.74, 6) is -0.00486. The average molecular weight is 263 g/mol. The van der Waals surface area contributed by atoms with Crippen molar-refractivity contribution in [1.29, 1.82) is 0 Å². The first kappa shape index (κ1) is 13.3. The number of esters is 1. The van der Waals surface area contributed by atoms with Gasteiger partial charge in [0.25, 0.3) is 0 Å². The molecule has 0 amide bonds. The lowest BCUT2D eigenvalue weighted by atomic mass is 10.3. The van der Waals surface area contributed by atoms with Gasteiger partial charge in [-0.05, 0) is 24.6 Å². The van der Waals surface area contributed by atoms with Crippen molar-refractivity contribution < 1.29 is 14.3 Å². The Hall–Kier alpha value is -0.770. The van der Waals surface area contributed by atoms with Crippen LogP contribution in [0.5, 0.6) is 5.75 Å². The first-order chi connectivity index (χ1) is 7.63. The molecule has 0 aromatic heterocycles. The van der Waals surface area contributed by atoms with Crippen LogP contribution in [0, 0.1) is 0 Å². The predicted octanol–water partition coefficient (Wildman–Crippen LogP) is 3.33. The van der Waals surface area contributed by atoms with E-state index in [1.54, 1.807) is 19.2 Å². The largest absolute Gasteiger partial charge is 0.425 e. The van der Waals surface area contributed by atoms with Crippen LogP contribution in [-0.4, -0.2) is 19.7 Å². The highest BCUT2D eigenvalue weighted by Gasteiger charge is 2.08. The van der Waals surface area contributed by atoms with Gasteiger partial charge >= 0.3 is 5.97 Å². The van der Waals surface area contributed by atoms with Crippen LogP contribution < -0.4 is 4.74 Å². The molecule has 0 spiro atoms. The summed E-state index contributed by atoms with van der Waals surface area (Å²) in [6, 6.07) is 4.71. The minimum Gasteiger partial charge on any atom is -0.425 e. The molecule has 0 saturated heterocycles. The molecule has 1 aromatic carbocycles. The molecule has 16 heavy (non-hydrogen) atoms. The highest BCUT2D eigenvalue weighted by molar-refractivity contribution is 6.35. The summed E-state index contributed by atoms with van der Waals surface area (Å²) in [6.45, 7) is 0.531. The Bertz CT molecular complexity index is 366. The maximum atomic E-state index is 11.4. The van der Waals surface area contributed by atoms with Crippen molar-refractivity contribution in [3.05, 3.63) is 28.2 Å². The molecule has 5 heteroatoms. The Morgan fingerprint density at radius 3 is 2.75 bits per heavy atom. The summed E-state index contributed by atoms with van der Waals surface area (Å²) >= 11 is 11.6. The number of carbonyl (C=O) groups is 1.